The summed E-state index contributed by atoms with van der Waals surface area (Å²) in [5.41, 5.74) is 4.08. The van der Waals surface area contributed by atoms with Crippen molar-refractivity contribution in [2.75, 3.05) is 19.8 Å². The zero-order valence-electron chi connectivity index (χ0n) is 13.6. The quantitative estimate of drug-likeness (QED) is 0.711. The molecule has 1 N–H and O–H groups in total. The maximum atomic E-state index is 5.58. The Morgan fingerprint density at radius 1 is 1.14 bits per heavy atom. The highest BCUT2D eigenvalue weighted by atomic mass is 16.5. The number of unbranched alkanes of at least 4 members (excludes halogenated alkanes) is 1. The minimum absolute atomic E-state index is 0.862. The molecule has 3 nitrogen and oxygen atoms in total. The maximum absolute atomic E-state index is 5.58. The lowest BCUT2D eigenvalue weighted by molar-refractivity contribution is 0.128. The van der Waals surface area contributed by atoms with Gasteiger partial charge in [0, 0.05) is 43.4 Å². The Morgan fingerprint density at radius 2 is 1.90 bits per heavy atom. The van der Waals surface area contributed by atoms with Crippen molar-refractivity contribution in [1.29, 1.82) is 0 Å². The number of fused-ring (bicyclic) bond motifs is 1. The predicted octanol–water partition coefficient (Wildman–Crippen LogP) is 3.78. The summed E-state index contributed by atoms with van der Waals surface area (Å²) < 4.78 is 7.88. The first-order chi connectivity index (χ1) is 10.3. The molecular formula is C18H28N2O. The van der Waals surface area contributed by atoms with Crippen LogP contribution in [0.15, 0.2) is 24.3 Å². The van der Waals surface area contributed by atoms with E-state index in [9.17, 15) is 0 Å². The Morgan fingerprint density at radius 3 is 2.67 bits per heavy atom. The van der Waals surface area contributed by atoms with Gasteiger partial charge in [0.1, 0.15) is 0 Å². The van der Waals surface area contributed by atoms with Gasteiger partial charge in [0.2, 0.25) is 0 Å². The summed E-state index contributed by atoms with van der Waals surface area (Å²) in [4.78, 5) is 0. The molecule has 116 valence electrons. The van der Waals surface area contributed by atoms with E-state index < -0.39 is 0 Å². The van der Waals surface area contributed by atoms with E-state index in [-0.39, 0.29) is 0 Å². The molecule has 0 atom stereocenters. The van der Waals surface area contributed by atoms with Crippen LogP contribution in [0.3, 0.4) is 0 Å². The Labute approximate surface area is 128 Å². The van der Waals surface area contributed by atoms with E-state index in [0.717, 1.165) is 32.7 Å². The summed E-state index contributed by atoms with van der Waals surface area (Å²) in [6, 6.07) is 8.61. The fourth-order valence-corrected chi connectivity index (χ4v) is 2.74. The van der Waals surface area contributed by atoms with E-state index in [1.54, 1.807) is 0 Å². The summed E-state index contributed by atoms with van der Waals surface area (Å²) in [7, 11) is 2.15. The molecule has 0 aliphatic heterocycles. The van der Waals surface area contributed by atoms with E-state index in [4.69, 9.17) is 4.74 Å². The molecule has 0 amide bonds. The van der Waals surface area contributed by atoms with Crippen LogP contribution in [0.1, 0.15) is 37.4 Å². The lowest BCUT2D eigenvalue weighted by Gasteiger charge is -2.08. The molecular weight excluding hydrogens is 260 g/mol. The molecule has 2 rings (SSSR count). The second kappa shape index (κ2) is 8.20. The first kappa shape index (κ1) is 16.1. The smallest absolute Gasteiger partial charge is 0.0483 e. The van der Waals surface area contributed by atoms with Gasteiger partial charge >= 0.3 is 0 Å². The van der Waals surface area contributed by atoms with Gasteiger partial charge in [-0.3, -0.25) is 0 Å². The van der Waals surface area contributed by atoms with Gasteiger partial charge in [0.05, 0.1) is 0 Å². The van der Waals surface area contributed by atoms with E-state index >= 15 is 0 Å². The van der Waals surface area contributed by atoms with Gasteiger partial charge in [-0.25, -0.2) is 0 Å². The molecule has 2 aromatic rings. The highest BCUT2D eigenvalue weighted by Crippen LogP contribution is 2.24. The largest absolute Gasteiger partial charge is 0.381 e. The number of rotatable bonds is 9. The van der Waals surface area contributed by atoms with Crippen LogP contribution in [0.25, 0.3) is 10.9 Å². The van der Waals surface area contributed by atoms with Gasteiger partial charge in [-0.15, -0.1) is 0 Å². The average Bonchev–Trinajstić information content (AvgIpc) is 2.75. The number of aromatic nitrogens is 1. The molecule has 0 unspecified atom stereocenters. The molecule has 0 aliphatic carbocycles. The molecule has 1 heterocycles. The summed E-state index contributed by atoms with van der Waals surface area (Å²) in [5, 5.41) is 4.90. The molecule has 0 saturated heterocycles. The van der Waals surface area contributed by atoms with E-state index in [2.05, 4.69) is 55.0 Å². The Balaban J connectivity index is 1.79. The van der Waals surface area contributed by atoms with Crippen LogP contribution in [0.4, 0.5) is 0 Å². The minimum atomic E-state index is 0.862. The molecule has 0 saturated carbocycles. The number of nitrogens with one attached hydrogen (secondary N) is 1. The van der Waals surface area contributed by atoms with Crippen LogP contribution in [-0.4, -0.2) is 24.3 Å². The molecule has 21 heavy (non-hydrogen) atoms. The van der Waals surface area contributed by atoms with Gasteiger partial charge in [-0.2, -0.15) is 0 Å². The fourth-order valence-electron chi connectivity index (χ4n) is 2.74. The second-order valence-electron chi connectivity index (χ2n) is 5.64. The van der Waals surface area contributed by atoms with Crippen LogP contribution < -0.4 is 5.32 Å². The van der Waals surface area contributed by atoms with Crippen molar-refractivity contribution in [3.63, 3.8) is 0 Å². The maximum Gasteiger partial charge on any atom is 0.0483 e. The number of hydrogen-bond donors (Lipinski definition) is 1. The van der Waals surface area contributed by atoms with Gasteiger partial charge in [0.15, 0.2) is 0 Å². The summed E-state index contributed by atoms with van der Waals surface area (Å²) >= 11 is 0. The van der Waals surface area contributed by atoms with Gasteiger partial charge < -0.3 is 14.6 Å². The normalized spacial score (nSPS) is 11.4. The first-order valence-electron chi connectivity index (χ1n) is 8.07. The molecule has 1 aromatic carbocycles. The first-order valence-corrected chi connectivity index (χ1v) is 8.07. The SMILES string of the molecule is CCCCOCCCNCc1c(C)c2ccccc2n1C. The Kier molecular flexibility index (Phi) is 6.27. The summed E-state index contributed by atoms with van der Waals surface area (Å²) in [5.74, 6) is 0. The van der Waals surface area contributed by atoms with Crippen molar-refractivity contribution < 1.29 is 4.74 Å². The van der Waals surface area contributed by atoms with Crippen molar-refractivity contribution in [3.05, 3.63) is 35.5 Å². The molecule has 0 spiro atoms. The topological polar surface area (TPSA) is 26.2 Å². The third kappa shape index (κ3) is 4.08. The highest BCUT2D eigenvalue weighted by molar-refractivity contribution is 5.85. The Bertz CT molecular complexity index is 521. The van der Waals surface area contributed by atoms with Crippen LogP contribution in [-0.2, 0) is 18.3 Å². The molecule has 1 aromatic heterocycles. The van der Waals surface area contributed by atoms with Crippen molar-refractivity contribution in [2.45, 2.75) is 39.7 Å². The van der Waals surface area contributed by atoms with Crippen molar-refractivity contribution in [3.8, 4) is 0 Å². The van der Waals surface area contributed by atoms with Crippen LogP contribution in [0.2, 0.25) is 0 Å². The lowest BCUT2D eigenvalue weighted by atomic mass is 10.1. The molecule has 0 radical (unpaired) electrons. The summed E-state index contributed by atoms with van der Waals surface area (Å²) in [6.45, 7) is 8.10. The molecule has 0 aliphatic rings. The van der Waals surface area contributed by atoms with Gasteiger partial charge in [0.25, 0.3) is 0 Å². The average molecular weight is 288 g/mol. The molecule has 0 fully saturated rings. The molecule has 0 bridgehead atoms. The number of aryl methyl sites for hydroxylation is 2. The Hall–Kier alpha value is -1.32. The molecule has 3 heteroatoms. The number of hydrogen-bond acceptors (Lipinski definition) is 2. The summed E-state index contributed by atoms with van der Waals surface area (Å²) in [6.07, 6.45) is 3.45. The zero-order chi connectivity index (χ0) is 15.1. The van der Waals surface area contributed by atoms with Gasteiger partial charge in [-0.05, 0) is 37.9 Å². The highest BCUT2D eigenvalue weighted by Gasteiger charge is 2.10. The van der Waals surface area contributed by atoms with Crippen LogP contribution >= 0.6 is 0 Å². The van der Waals surface area contributed by atoms with E-state index in [1.807, 2.05) is 0 Å². The lowest BCUT2D eigenvalue weighted by Crippen LogP contribution is -2.18. The predicted molar refractivity (Wildman–Crippen MR) is 89.7 cm³/mol. The third-order valence-corrected chi connectivity index (χ3v) is 4.08. The zero-order valence-corrected chi connectivity index (χ0v) is 13.6. The fraction of sp³-hybridized carbons (Fsp3) is 0.556. The number of nitrogens with zero attached hydrogens (tertiary/aromatic N) is 1. The van der Waals surface area contributed by atoms with Crippen LogP contribution in [0.5, 0.6) is 0 Å². The second-order valence-corrected chi connectivity index (χ2v) is 5.64. The standard InChI is InChI=1S/C18H28N2O/c1-4-5-12-21-13-8-11-19-14-18-15(2)16-9-6-7-10-17(16)20(18)3/h6-7,9-10,19H,4-5,8,11-14H2,1-3H3. The third-order valence-electron chi connectivity index (χ3n) is 4.08. The van der Waals surface area contributed by atoms with Crippen molar-refractivity contribution >= 4 is 10.9 Å². The number of ether oxygens (including phenoxy) is 1. The van der Waals surface area contributed by atoms with Gasteiger partial charge in [-0.1, -0.05) is 31.5 Å². The van der Waals surface area contributed by atoms with E-state index in [0.29, 0.717) is 0 Å². The van der Waals surface area contributed by atoms with Crippen molar-refractivity contribution in [2.24, 2.45) is 7.05 Å². The van der Waals surface area contributed by atoms with Crippen LogP contribution in [0, 0.1) is 6.92 Å². The number of benzene rings is 1. The number of para-hydroxylation sites is 1. The monoisotopic (exact) mass is 288 g/mol. The van der Waals surface area contributed by atoms with Crippen molar-refractivity contribution in [1.82, 2.24) is 9.88 Å². The minimum Gasteiger partial charge on any atom is -0.381 e. The van der Waals surface area contributed by atoms with E-state index in [1.165, 1.54) is 35.0 Å².